The van der Waals surface area contributed by atoms with Crippen molar-refractivity contribution in [2.24, 2.45) is 0 Å². The van der Waals surface area contributed by atoms with E-state index < -0.39 is 0 Å². The van der Waals surface area contributed by atoms with Crippen molar-refractivity contribution in [2.75, 3.05) is 12.4 Å². The Morgan fingerprint density at radius 3 is 2.70 bits per heavy atom. The van der Waals surface area contributed by atoms with Crippen LogP contribution in [0.1, 0.15) is 11.1 Å². The molecule has 2 rings (SSSR count). The molecular formula is C16H16ClNO2. The zero-order valence-electron chi connectivity index (χ0n) is 11.4. The fourth-order valence-electron chi connectivity index (χ4n) is 1.90. The Morgan fingerprint density at radius 2 is 2.00 bits per heavy atom. The van der Waals surface area contributed by atoms with Crippen molar-refractivity contribution in [2.45, 2.75) is 13.3 Å². The van der Waals surface area contributed by atoms with Crippen molar-refractivity contribution in [3.63, 3.8) is 0 Å². The molecule has 2 aromatic rings. The van der Waals surface area contributed by atoms with Crippen LogP contribution in [0.25, 0.3) is 0 Å². The highest BCUT2D eigenvalue weighted by Gasteiger charge is 2.09. The summed E-state index contributed by atoms with van der Waals surface area (Å²) in [6.07, 6.45) is 0.259. The number of hydrogen-bond donors (Lipinski definition) is 1. The summed E-state index contributed by atoms with van der Waals surface area (Å²) in [5, 5.41) is 3.47. The lowest BCUT2D eigenvalue weighted by atomic mass is 10.1. The van der Waals surface area contributed by atoms with Crippen molar-refractivity contribution in [3.8, 4) is 5.75 Å². The lowest BCUT2D eigenvalue weighted by Crippen LogP contribution is -2.14. The van der Waals surface area contributed by atoms with E-state index in [1.54, 1.807) is 13.2 Å². The first-order chi connectivity index (χ1) is 9.60. The second-order valence-electron chi connectivity index (χ2n) is 4.50. The van der Waals surface area contributed by atoms with E-state index in [1.807, 2.05) is 43.3 Å². The van der Waals surface area contributed by atoms with Gasteiger partial charge in [-0.15, -0.1) is 0 Å². The van der Waals surface area contributed by atoms with E-state index in [1.165, 1.54) is 0 Å². The van der Waals surface area contributed by atoms with Gasteiger partial charge in [0.1, 0.15) is 5.75 Å². The summed E-state index contributed by atoms with van der Waals surface area (Å²) in [5.41, 5.74) is 2.53. The average Bonchev–Trinajstić information content (AvgIpc) is 2.43. The number of carbonyl (C=O) groups is 1. The summed E-state index contributed by atoms with van der Waals surface area (Å²) in [6.45, 7) is 1.92. The van der Waals surface area contributed by atoms with Gasteiger partial charge in [-0.25, -0.2) is 0 Å². The molecule has 0 aliphatic heterocycles. The second kappa shape index (κ2) is 6.44. The van der Waals surface area contributed by atoms with Crippen LogP contribution in [0.15, 0.2) is 42.5 Å². The molecule has 4 heteroatoms. The third-order valence-electron chi connectivity index (χ3n) is 3.00. The van der Waals surface area contributed by atoms with Gasteiger partial charge in [0, 0.05) is 16.3 Å². The summed E-state index contributed by atoms with van der Waals surface area (Å²) >= 11 is 6.03. The topological polar surface area (TPSA) is 38.3 Å². The average molecular weight is 290 g/mol. The maximum atomic E-state index is 12.0. The number of ether oxygens (including phenoxy) is 1. The molecule has 0 spiro atoms. The first-order valence-corrected chi connectivity index (χ1v) is 6.66. The van der Waals surface area contributed by atoms with Gasteiger partial charge in [0.05, 0.1) is 13.5 Å². The van der Waals surface area contributed by atoms with Crippen LogP contribution < -0.4 is 10.1 Å². The molecular weight excluding hydrogens is 274 g/mol. The summed E-state index contributed by atoms with van der Waals surface area (Å²) in [4.78, 5) is 12.0. The van der Waals surface area contributed by atoms with Crippen molar-refractivity contribution in [1.82, 2.24) is 0 Å². The third-order valence-corrected chi connectivity index (χ3v) is 3.41. The van der Waals surface area contributed by atoms with E-state index in [9.17, 15) is 4.79 Å². The number of carbonyl (C=O) groups excluding carboxylic acids is 1. The van der Waals surface area contributed by atoms with E-state index in [0.717, 1.165) is 11.1 Å². The zero-order chi connectivity index (χ0) is 14.5. The predicted octanol–water partition coefficient (Wildman–Crippen LogP) is 3.84. The molecule has 1 N–H and O–H groups in total. The lowest BCUT2D eigenvalue weighted by Gasteiger charge is -2.09. The molecule has 0 aliphatic rings. The summed E-state index contributed by atoms with van der Waals surface area (Å²) in [7, 11) is 1.59. The molecule has 0 saturated heterocycles. The molecule has 0 fully saturated rings. The zero-order valence-corrected chi connectivity index (χ0v) is 12.2. The molecule has 0 unspecified atom stereocenters. The molecule has 20 heavy (non-hydrogen) atoms. The third kappa shape index (κ3) is 3.52. The van der Waals surface area contributed by atoms with E-state index in [2.05, 4.69) is 5.32 Å². The molecule has 0 aliphatic carbocycles. The number of aryl methyl sites for hydroxylation is 1. The van der Waals surface area contributed by atoms with Gasteiger partial charge in [-0.1, -0.05) is 35.9 Å². The number of para-hydroxylation sites is 1. The predicted molar refractivity (Wildman–Crippen MR) is 81.5 cm³/mol. The SMILES string of the molecule is COc1ccccc1CC(=O)Nc1ccc(C)c(Cl)c1. The van der Waals surface area contributed by atoms with Gasteiger partial charge in [0.25, 0.3) is 0 Å². The van der Waals surface area contributed by atoms with Gasteiger partial charge < -0.3 is 10.1 Å². The largest absolute Gasteiger partial charge is 0.496 e. The number of methoxy groups -OCH3 is 1. The normalized spacial score (nSPS) is 10.2. The molecule has 104 valence electrons. The highest BCUT2D eigenvalue weighted by Crippen LogP contribution is 2.21. The Hall–Kier alpha value is -2.00. The Morgan fingerprint density at radius 1 is 1.25 bits per heavy atom. The molecule has 0 bridgehead atoms. The Bertz CT molecular complexity index is 626. The fourth-order valence-corrected chi connectivity index (χ4v) is 2.08. The van der Waals surface area contributed by atoms with Gasteiger partial charge in [-0.3, -0.25) is 4.79 Å². The minimum atomic E-state index is -0.102. The molecule has 1 amide bonds. The maximum Gasteiger partial charge on any atom is 0.228 e. The minimum absolute atomic E-state index is 0.102. The summed E-state index contributed by atoms with van der Waals surface area (Å²) in [5.74, 6) is 0.610. The first kappa shape index (κ1) is 14.4. The van der Waals surface area contributed by atoms with Gasteiger partial charge in [0.2, 0.25) is 5.91 Å². The van der Waals surface area contributed by atoms with E-state index in [-0.39, 0.29) is 12.3 Å². The molecule has 0 saturated carbocycles. The quantitative estimate of drug-likeness (QED) is 0.929. The molecule has 0 atom stereocenters. The van der Waals surface area contributed by atoms with E-state index in [4.69, 9.17) is 16.3 Å². The number of anilines is 1. The summed E-state index contributed by atoms with van der Waals surface area (Å²) in [6, 6.07) is 12.9. The van der Waals surface area contributed by atoms with Gasteiger partial charge in [0.15, 0.2) is 0 Å². The number of nitrogens with one attached hydrogen (secondary N) is 1. The molecule has 0 radical (unpaired) electrons. The van der Waals surface area contributed by atoms with E-state index in [0.29, 0.717) is 16.5 Å². The lowest BCUT2D eigenvalue weighted by molar-refractivity contribution is -0.115. The second-order valence-corrected chi connectivity index (χ2v) is 4.91. The van der Waals surface area contributed by atoms with Gasteiger partial charge >= 0.3 is 0 Å². The molecule has 0 heterocycles. The fraction of sp³-hybridized carbons (Fsp3) is 0.188. The van der Waals surface area contributed by atoms with E-state index >= 15 is 0 Å². The smallest absolute Gasteiger partial charge is 0.228 e. The first-order valence-electron chi connectivity index (χ1n) is 6.28. The maximum absolute atomic E-state index is 12.0. The van der Waals surface area contributed by atoms with Crippen LogP contribution in [0, 0.1) is 6.92 Å². The van der Waals surface area contributed by atoms with Crippen molar-refractivity contribution >= 4 is 23.2 Å². The summed E-state index contributed by atoms with van der Waals surface area (Å²) < 4.78 is 5.23. The van der Waals surface area contributed by atoms with Crippen LogP contribution in [-0.4, -0.2) is 13.0 Å². The van der Waals surface area contributed by atoms with Crippen molar-refractivity contribution in [1.29, 1.82) is 0 Å². The monoisotopic (exact) mass is 289 g/mol. The Kier molecular flexibility index (Phi) is 4.64. The Balaban J connectivity index is 2.07. The number of hydrogen-bond acceptors (Lipinski definition) is 2. The van der Waals surface area contributed by atoms with Crippen LogP contribution in [0.2, 0.25) is 5.02 Å². The number of benzene rings is 2. The van der Waals surface area contributed by atoms with Gasteiger partial charge in [-0.2, -0.15) is 0 Å². The Labute approximate surface area is 123 Å². The molecule has 0 aromatic heterocycles. The number of rotatable bonds is 4. The highest BCUT2D eigenvalue weighted by molar-refractivity contribution is 6.31. The standard InChI is InChI=1S/C16H16ClNO2/c1-11-7-8-13(10-14(11)17)18-16(19)9-12-5-3-4-6-15(12)20-2/h3-8,10H,9H2,1-2H3,(H,18,19). The highest BCUT2D eigenvalue weighted by atomic mass is 35.5. The van der Waals surface area contributed by atoms with Crippen LogP contribution >= 0.6 is 11.6 Å². The number of amides is 1. The minimum Gasteiger partial charge on any atom is -0.496 e. The molecule has 2 aromatic carbocycles. The van der Waals surface area contributed by atoms with Crippen LogP contribution in [0.3, 0.4) is 0 Å². The van der Waals surface area contributed by atoms with Crippen molar-refractivity contribution < 1.29 is 9.53 Å². The van der Waals surface area contributed by atoms with Crippen molar-refractivity contribution in [3.05, 3.63) is 58.6 Å². The van der Waals surface area contributed by atoms with Crippen LogP contribution in [0.4, 0.5) is 5.69 Å². The van der Waals surface area contributed by atoms with Crippen LogP contribution in [0.5, 0.6) is 5.75 Å². The van der Waals surface area contributed by atoms with Crippen LogP contribution in [-0.2, 0) is 11.2 Å². The molecule has 3 nitrogen and oxygen atoms in total. The number of halogens is 1. The van der Waals surface area contributed by atoms with Gasteiger partial charge in [-0.05, 0) is 30.7 Å².